The van der Waals surface area contributed by atoms with Crippen LogP contribution in [0.15, 0.2) is 69.7 Å². The molecule has 0 aromatic heterocycles. The normalized spacial score (nSPS) is 16.7. The molecule has 0 saturated carbocycles. The molecule has 0 spiro atoms. The van der Waals surface area contributed by atoms with Gasteiger partial charge in [0.2, 0.25) is 0 Å². The number of hydrogen-bond acceptors (Lipinski definition) is 6. The topological polar surface area (TPSA) is 124 Å². The molecule has 0 bridgehead atoms. The van der Waals surface area contributed by atoms with Crippen LogP contribution in [0.25, 0.3) is 0 Å². The molecule has 39 heavy (non-hydrogen) atoms. The Labute approximate surface area is 254 Å². The molecular weight excluding hydrogens is 551 g/mol. The summed E-state index contributed by atoms with van der Waals surface area (Å²) in [6, 6.07) is 8.99. The van der Waals surface area contributed by atoms with Gasteiger partial charge in [0, 0.05) is 48.0 Å². The first-order valence-electron chi connectivity index (χ1n) is 12.6. The molecule has 1 aliphatic heterocycles. The van der Waals surface area contributed by atoms with Crippen LogP contribution in [0, 0.1) is 0 Å². The van der Waals surface area contributed by atoms with E-state index in [9.17, 15) is 25.9 Å². The van der Waals surface area contributed by atoms with Crippen LogP contribution in [0.1, 0.15) is 52.6 Å². The Balaban J connectivity index is 0.00000280. The van der Waals surface area contributed by atoms with Gasteiger partial charge in [-0.1, -0.05) is 12.1 Å². The summed E-state index contributed by atoms with van der Waals surface area (Å²) in [6.07, 6.45) is 4.36. The summed E-state index contributed by atoms with van der Waals surface area (Å²) in [5, 5.41) is 0. The fraction of sp³-hybridized carbons (Fsp3) is 0.370. The average molecular weight is 586 g/mol. The zero-order valence-corrected chi connectivity index (χ0v) is 26.5. The van der Waals surface area contributed by atoms with Crippen LogP contribution < -0.4 is 39.2 Å². The number of fused-ring (bicyclic) bond motifs is 1. The van der Waals surface area contributed by atoms with Crippen LogP contribution in [-0.4, -0.2) is 62.4 Å². The first-order chi connectivity index (χ1) is 17.9. The number of nitrogens with zero attached hydrogens (tertiary/aromatic N) is 2. The van der Waals surface area contributed by atoms with Crippen molar-refractivity contribution in [2.45, 2.75) is 49.8 Å². The minimum absolute atomic E-state index is 0. The number of anilines is 1. The molecule has 206 valence electrons. The molecule has 2 aliphatic rings. The number of allylic oxidation sites excluding steroid dienone is 4. The van der Waals surface area contributed by atoms with Gasteiger partial charge in [0.25, 0.3) is 20.2 Å². The van der Waals surface area contributed by atoms with Gasteiger partial charge in [0.05, 0.1) is 16.2 Å². The quantitative estimate of drug-likeness (QED) is 0.271. The minimum atomic E-state index is -4.85. The van der Waals surface area contributed by atoms with Gasteiger partial charge in [-0.15, -0.1) is 0 Å². The third-order valence-electron chi connectivity index (χ3n) is 7.14. The van der Waals surface area contributed by atoms with Crippen molar-refractivity contribution >= 4 is 31.6 Å². The Hall–Kier alpha value is -1.99. The van der Waals surface area contributed by atoms with E-state index in [1.54, 1.807) is 0 Å². The van der Waals surface area contributed by atoms with Crippen LogP contribution in [0.2, 0.25) is 0 Å². The van der Waals surface area contributed by atoms with Crippen LogP contribution in [0.3, 0.4) is 0 Å². The molecule has 1 unspecified atom stereocenters. The van der Waals surface area contributed by atoms with Crippen molar-refractivity contribution < 1.29 is 66.2 Å². The van der Waals surface area contributed by atoms with E-state index in [2.05, 4.69) is 37.2 Å². The molecule has 0 amide bonds. The third-order valence-corrected chi connectivity index (χ3v) is 8.90. The largest absolute Gasteiger partial charge is 1.00 e. The maximum Gasteiger partial charge on any atom is 1.00 e. The van der Waals surface area contributed by atoms with Crippen molar-refractivity contribution in [2.75, 3.05) is 31.1 Å². The summed E-state index contributed by atoms with van der Waals surface area (Å²) in [4.78, 5) is 0.960. The van der Waals surface area contributed by atoms with Crippen molar-refractivity contribution in [3.63, 3.8) is 0 Å². The second kappa shape index (κ2) is 12.3. The van der Waals surface area contributed by atoms with E-state index in [1.165, 1.54) is 6.07 Å². The molecule has 1 atom stereocenters. The van der Waals surface area contributed by atoms with Gasteiger partial charge in [-0.05, 0) is 57.5 Å². The molecule has 2 N–H and O–H groups in total. The number of rotatable bonds is 8. The monoisotopic (exact) mass is 585 g/mol. The molecule has 2 aromatic carbocycles. The van der Waals surface area contributed by atoms with E-state index in [0.717, 1.165) is 49.7 Å². The predicted molar refractivity (Wildman–Crippen MR) is 147 cm³/mol. The first kappa shape index (κ1) is 31.5. The number of benzene rings is 2. The van der Waals surface area contributed by atoms with Crippen LogP contribution in [0.4, 0.5) is 5.69 Å². The molecule has 9 nitrogen and oxygen atoms in total. The van der Waals surface area contributed by atoms with Gasteiger partial charge in [0.15, 0.2) is 5.71 Å². The van der Waals surface area contributed by atoms with Gasteiger partial charge in [-0.25, -0.2) is 4.58 Å². The van der Waals surface area contributed by atoms with Crippen molar-refractivity contribution in [3.05, 3.63) is 71.0 Å². The van der Waals surface area contributed by atoms with E-state index in [-0.39, 0.29) is 36.5 Å². The van der Waals surface area contributed by atoms with Gasteiger partial charge in [0.1, 0.15) is 24.6 Å². The molecule has 2 aromatic rings. The Morgan fingerprint density at radius 2 is 1.56 bits per heavy atom. The van der Waals surface area contributed by atoms with Gasteiger partial charge < -0.3 is 11.1 Å². The number of ether oxygens (including phenoxy) is 1. The van der Waals surface area contributed by atoms with E-state index >= 15 is 0 Å². The molecule has 0 radical (unpaired) electrons. The van der Waals surface area contributed by atoms with Crippen molar-refractivity contribution in [2.24, 2.45) is 0 Å². The summed E-state index contributed by atoms with van der Waals surface area (Å²) in [7, 11) is -9.55. The van der Waals surface area contributed by atoms with Crippen molar-refractivity contribution in [3.8, 4) is 5.75 Å². The fourth-order valence-electron chi connectivity index (χ4n) is 5.21. The van der Waals surface area contributed by atoms with Gasteiger partial charge >= 0.3 is 29.6 Å². The van der Waals surface area contributed by atoms with Crippen molar-refractivity contribution in [1.29, 1.82) is 0 Å². The standard InChI is InChI=1S/C27H32N2O7S2.Na.H/c1-5-28(6-2)18-9-12-21-24(15-18)36-25-16-19(29(7-3)8-4)10-13-22(25)27(21)23-14-11-20(37(30,31)32)17-26(23)38(33,34)35;;/h9-15,17,27H,5-8,16H2,1-4H3,(H-,30,31,32,33,34,35);;/q;+1;-1/p+1. The minimum Gasteiger partial charge on any atom is -1.00 e. The Bertz CT molecular complexity index is 1580. The zero-order valence-electron chi connectivity index (χ0n) is 23.9. The summed E-state index contributed by atoms with van der Waals surface area (Å²) in [6.45, 7) is 11.5. The molecular formula is C27H34N2NaO7S2+. The van der Waals surface area contributed by atoms with Crippen LogP contribution in [0.5, 0.6) is 5.75 Å². The second-order valence-electron chi connectivity index (χ2n) is 9.13. The smallest absolute Gasteiger partial charge is 1.00 e. The SMILES string of the molecule is CCN(CC)c1ccc2c(c1)OC1=C(C=CC(=[N+](CC)CC)C1)C2c1ccc(S(=O)(=O)O)cc1S(=O)(=O)O.[H-].[Na+]. The molecule has 4 rings (SSSR count). The Morgan fingerprint density at radius 3 is 2.13 bits per heavy atom. The zero-order chi connectivity index (χ0) is 27.8. The molecule has 12 heteroatoms. The summed E-state index contributed by atoms with van der Waals surface area (Å²) < 4.78 is 76.8. The van der Waals surface area contributed by atoms with E-state index in [1.807, 2.05) is 30.4 Å². The van der Waals surface area contributed by atoms with Crippen molar-refractivity contribution in [1.82, 2.24) is 0 Å². The van der Waals surface area contributed by atoms with Crippen LogP contribution in [-0.2, 0) is 20.2 Å². The number of hydrogen-bond donors (Lipinski definition) is 2. The van der Waals surface area contributed by atoms with E-state index in [0.29, 0.717) is 29.1 Å². The fourth-order valence-corrected chi connectivity index (χ4v) is 6.55. The molecule has 1 heterocycles. The third kappa shape index (κ3) is 6.35. The molecule has 1 aliphatic carbocycles. The van der Waals surface area contributed by atoms with E-state index in [4.69, 9.17) is 4.74 Å². The maximum absolute atomic E-state index is 12.5. The summed E-state index contributed by atoms with van der Waals surface area (Å²) in [5.41, 5.74) is 3.59. The summed E-state index contributed by atoms with van der Waals surface area (Å²) >= 11 is 0. The predicted octanol–water partition coefficient (Wildman–Crippen LogP) is 1.37. The Morgan fingerprint density at radius 1 is 0.923 bits per heavy atom. The average Bonchev–Trinajstić information content (AvgIpc) is 2.87. The molecule has 0 fully saturated rings. The van der Waals surface area contributed by atoms with Gasteiger partial charge in [-0.2, -0.15) is 16.8 Å². The van der Waals surface area contributed by atoms with Crippen LogP contribution >= 0.6 is 0 Å². The van der Waals surface area contributed by atoms with E-state index < -0.39 is 35.9 Å². The maximum atomic E-state index is 12.5. The second-order valence-corrected chi connectivity index (χ2v) is 11.9. The Kier molecular flexibility index (Phi) is 9.91. The summed E-state index contributed by atoms with van der Waals surface area (Å²) in [5.74, 6) is 0.553. The molecule has 0 saturated heterocycles. The first-order valence-corrected chi connectivity index (χ1v) is 15.5. The van der Waals surface area contributed by atoms with Gasteiger partial charge in [-0.3, -0.25) is 9.11 Å².